The van der Waals surface area contributed by atoms with E-state index in [1.807, 2.05) is 13.8 Å². The molecule has 0 aliphatic rings. The van der Waals surface area contributed by atoms with Gasteiger partial charge in [-0.15, -0.1) is 0 Å². The molecule has 86 valence electrons. The minimum atomic E-state index is 0.391. The Morgan fingerprint density at radius 3 is 1.87 bits per heavy atom. The van der Waals surface area contributed by atoms with Gasteiger partial charge in [0.15, 0.2) is 0 Å². The van der Waals surface area contributed by atoms with E-state index in [0.717, 1.165) is 6.42 Å². The van der Waals surface area contributed by atoms with Gasteiger partial charge in [-0.3, -0.25) is 0 Å². The average molecular weight is 206 g/mol. The highest BCUT2D eigenvalue weighted by Gasteiger charge is 2.11. The third-order valence-corrected chi connectivity index (χ3v) is 2.31. The first kappa shape index (κ1) is 14.2. The molecular weight excluding hydrogens is 180 g/mol. The molecule has 0 nitrogen and oxygen atoms in total. The Hall–Kier alpha value is -0.780. The largest absolute Gasteiger partial charge is 0.0683 e. The van der Waals surface area contributed by atoms with E-state index in [9.17, 15) is 0 Å². The molecule has 0 heteroatoms. The minimum Gasteiger partial charge on any atom is -0.0683 e. The highest BCUT2D eigenvalue weighted by molar-refractivity contribution is 5.30. The first-order valence-electron chi connectivity index (χ1n) is 5.95. The van der Waals surface area contributed by atoms with Crippen LogP contribution in [0.2, 0.25) is 0 Å². The normalized spacial score (nSPS) is 10.6. The lowest BCUT2D eigenvalue weighted by Crippen LogP contribution is -2.09. The van der Waals surface area contributed by atoms with Crippen molar-refractivity contribution >= 4 is 0 Å². The van der Waals surface area contributed by atoms with Gasteiger partial charge in [0.05, 0.1) is 0 Å². The van der Waals surface area contributed by atoms with Gasteiger partial charge in [-0.2, -0.15) is 0 Å². The van der Waals surface area contributed by atoms with Gasteiger partial charge < -0.3 is 0 Å². The topological polar surface area (TPSA) is 0 Å². The van der Waals surface area contributed by atoms with Crippen LogP contribution in [0.1, 0.15) is 51.3 Å². The highest BCUT2D eigenvalue weighted by Crippen LogP contribution is 2.21. The van der Waals surface area contributed by atoms with E-state index in [2.05, 4.69) is 52.8 Å². The van der Waals surface area contributed by atoms with E-state index in [1.54, 1.807) is 0 Å². The molecule has 1 rings (SSSR count). The Bertz CT molecular complexity index is 289. The van der Waals surface area contributed by atoms with Crippen LogP contribution in [-0.4, -0.2) is 0 Å². The average Bonchev–Trinajstić information content (AvgIpc) is 2.12. The molecule has 0 spiro atoms. The number of hydrogen-bond donors (Lipinski definition) is 0. The number of aryl methyl sites for hydroxylation is 2. The summed E-state index contributed by atoms with van der Waals surface area (Å²) in [4.78, 5) is 0. The zero-order valence-corrected chi connectivity index (χ0v) is 11.4. The highest BCUT2D eigenvalue weighted by atomic mass is 14.2. The maximum Gasteiger partial charge on any atom is -0.0230 e. The van der Waals surface area contributed by atoms with Gasteiger partial charge in [0.1, 0.15) is 0 Å². The van der Waals surface area contributed by atoms with Crippen molar-refractivity contribution in [1.29, 1.82) is 0 Å². The van der Waals surface area contributed by atoms with Gasteiger partial charge in [-0.25, -0.2) is 0 Å². The van der Waals surface area contributed by atoms with Crippen LogP contribution in [-0.2, 0) is 6.42 Å². The molecule has 0 aromatic heterocycles. The first-order valence-corrected chi connectivity index (χ1v) is 5.95. The Labute approximate surface area is 95.7 Å². The molecule has 0 atom stereocenters. The minimum absolute atomic E-state index is 0.391. The molecule has 1 aromatic carbocycles. The van der Waals surface area contributed by atoms with Crippen molar-refractivity contribution < 1.29 is 0 Å². The fourth-order valence-electron chi connectivity index (χ4n) is 1.53. The van der Waals surface area contributed by atoms with E-state index >= 15 is 0 Å². The van der Waals surface area contributed by atoms with Crippen molar-refractivity contribution in [2.45, 2.75) is 54.9 Å². The fourth-order valence-corrected chi connectivity index (χ4v) is 1.53. The van der Waals surface area contributed by atoms with E-state index in [0.29, 0.717) is 5.41 Å². The molecule has 1 aromatic rings. The Balaban J connectivity index is 0.000000921. The van der Waals surface area contributed by atoms with E-state index in [1.165, 1.54) is 16.7 Å². The van der Waals surface area contributed by atoms with Crippen LogP contribution in [0.4, 0.5) is 0 Å². The zero-order valence-electron chi connectivity index (χ0n) is 11.4. The molecule has 0 amide bonds. The summed E-state index contributed by atoms with van der Waals surface area (Å²) >= 11 is 0. The van der Waals surface area contributed by atoms with E-state index < -0.39 is 0 Å². The van der Waals surface area contributed by atoms with Crippen molar-refractivity contribution in [3.63, 3.8) is 0 Å². The van der Waals surface area contributed by atoms with Crippen LogP contribution in [0.5, 0.6) is 0 Å². The van der Waals surface area contributed by atoms with Crippen molar-refractivity contribution in [2.24, 2.45) is 5.41 Å². The third kappa shape index (κ3) is 5.61. The van der Waals surface area contributed by atoms with Crippen molar-refractivity contribution in [2.75, 3.05) is 0 Å². The molecule has 0 aliphatic carbocycles. The second kappa shape index (κ2) is 5.95. The molecule has 0 N–H and O–H groups in total. The molecule has 0 saturated heterocycles. The zero-order chi connectivity index (χ0) is 12.1. The molecule has 15 heavy (non-hydrogen) atoms. The summed E-state index contributed by atoms with van der Waals surface area (Å²) in [7, 11) is 0. The van der Waals surface area contributed by atoms with Crippen LogP contribution >= 0.6 is 0 Å². The van der Waals surface area contributed by atoms with Gasteiger partial charge in [-0.05, 0) is 42.4 Å². The van der Waals surface area contributed by atoms with Crippen LogP contribution < -0.4 is 0 Å². The van der Waals surface area contributed by atoms with Gasteiger partial charge in [0.25, 0.3) is 0 Å². The third-order valence-electron chi connectivity index (χ3n) is 2.31. The van der Waals surface area contributed by atoms with Crippen LogP contribution in [0.15, 0.2) is 18.2 Å². The molecule has 0 saturated carbocycles. The molecule has 0 aliphatic heterocycles. The summed E-state index contributed by atoms with van der Waals surface area (Å²) in [5.74, 6) is 0. The Kier molecular flexibility index (Phi) is 5.64. The molecule has 0 radical (unpaired) electrons. The van der Waals surface area contributed by atoms with Crippen molar-refractivity contribution in [1.82, 2.24) is 0 Å². The van der Waals surface area contributed by atoms with Gasteiger partial charge in [0.2, 0.25) is 0 Å². The smallest absolute Gasteiger partial charge is 0.0230 e. The monoisotopic (exact) mass is 206 g/mol. The predicted octanol–water partition coefficient (Wildman–Crippen LogP) is 4.92. The number of benzene rings is 1. The van der Waals surface area contributed by atoms with Crippen molar-refractivity contribution in [3.8, 4) is 0 Å². The maximum absolute atomic E-state index is 2.31. The lowest BCUT2D eigenvalue weighted by Gasteiger charge is -2.18. The predicted molar refractivity (Wildman–Crippen MR) is 70.4 cm³/mol. The fraction of sp³-hybridized carbons (Fsp3) is 0.600. The second-order valence-corrected chi connectivity index (χ2v) is 5.16. The first-order chi connectivity index (χ1) is 6.88. The molecule has 0 bridgehead atoms. The molecular formula is C15H26. The summed E-state index contributed by atoms with van der Waals surface area (Å²) in [5.41, 5.74) is 4.64. The van der Waals surface area contributed by atoms with Gasteiger partial charge >= 0.3 is 0 Å². The lowest BCUT2D eigenvalue weighted by atomic mass is 9.87. The summed E-state index contributed by atoms with van der Waals surface area (Å²) in [6, 6.07) is 6.77. The summed E-state index contributed by atoms with van der Waals surface area (Å²) in [6.45, 7) is 15.2. The Morgan fingerprint density at radius 1 is 0.933 bits per heavy atom. The lowest BCUT2D eigenvalue weighted by molar-refractivity contribution is 0.411. The van der Waals surface area contributed by atoms with E-state index in [-0.39, 0.29) is 0 Å². The SMILES string of the molecule is CC.Cc1ccc(CC(C)(C)C)cc1C. The number of rotatable bonds is 1. The van der Waals surface area contributed by atoms with Crippen LogP contribution in [0.25, 0.3) is 0 Å². The molecule has 0 fully saturated rings. The Morgan fingerprint density at radius 2 is 1.47 bits per heavy atom. The maximum atomic E-state index is 2.31. The summed E-state index contributed by atoms with van der Waals surface area (Å²) in [5, 5.41) is 0. The van der Waals surface area contributed by atoms with Gasteiger partial charge in [-0.1, -0.05) is 52.8 Å². The van der Waals surface area contributed by atoms with Crippen molar-refractivity contribution in [3.05, 3.63) is 34.9 Å². The summed E-state index contributed by atoms with van der Waals surface area (Å²) < 4.78 is 0. The second-order valence-electron chi connectivity index (χ2n) is 5.16. The molecule has 0 heterocycles. The van der Waals surface area contributed by atoms with Gasteiger partial charge in [0, 0.05) is 0 Å². The van der Waals surface area contributed by atoms with Crippen LogP contribution in [0, 0.1) is 19.3 Å². The molecule has 0 unspecified atom stereocenters. The standard InChI is InChI=1S/C13H20.C2H6/c1-10-6-7-12(8-11(10)2)9-13(3,4)5;1-2/h6-8H,9H2,1-5H3;1-2H3. The number of hydrogen-bond acceptors (Lipinski definition) is 0. The summed E-state index contributed by atoms with van der Waals surface area (Å²) in [6.07, 6.45) is 1.16. The van der Waals surface area contributed by atoms with Crippen LogP contribution in [0.3, 0.4) is 0 Å². The van der Waals surface area contributed by atoms with E-state index in [4.69, 9.17) is 0 Å². The quantitative estimate of drug-likeness (QED) is 0.612.